The zero-order valence-corrected chi connectivity index (χ0v) is 10.9. The molecule has 1 aliphatic rings. The molecule has 3 heteroatoms. The van der Waals surface area contributed by atoms with Gasteiger partial charge >= 0.3 is 0 Å². The predicted octanol–water partition coefficient (Wildman–Crippen LogP) is 3.77. The number of aromatic nitrogens is 2. The molecule has 0 atom stereocenters. The molecule has 2 nitrogen and oxygen atoms in total. The van der Waals surface area contributed by atoms with Gasteiger partial charge in [0.25, 0.3) is 0 Å². The Balaban J connectivity index is 2.05. The van der Waals surface area contributed by atoms with Crippen LogP contribution in [-0.2, 0) is 12.8 Å². The predicted molar refractivity (Wildman–Crippen MR) is 75.0 cm³/mol. The largest absolute Gasteiger partial charge is 0.247 e. The van der Waals surface area contributed by atoms with E-state index in [-0.39, 0.29) is 0 Å². The van der Waals surface area contributed by atoms with Gasteiger partial charge in [-0.2, -0.15) is 0 Å². The van der Waals surface area contributed by atoms with Gasteiger partial charge in [-0.1, -0.05) is 18.2 Å². The average Bonchev–Trinajstić information content (AvgIpc) is 2.77. The molecular formula is C15H12N2S. The van der Waals surface area contributed by atoms with Crippen LogP contribution in [0.15, 0.2) is 30.3 Å². The molecule has 0 saturated carbocycles. The standard InChI is InChI=1S/C15H12N2S/c1-9-16-13-7-6-11-8-10-4-2-3-5-12(10)17-14(11)15(13)18-9/h2-5,8H,6-7H2,1H3. The Morgan fingerprint density at radius 1 is 1.11 bits per heavy atom. The third kappa shape index (κ3) is 1.40. The highest BCUT2D eigenvalue weighted by Crippen LogP contribution is 2.37. The summed E-state index contributed by atoms with van der Waals surface area (Å²) in [5, 5.41) is 2.38. The van der Waals surface area contributed by atoms with Crippen molar-refractivity contribution in [3.63, 3.8) is 0 Å². The normalized spacial score (nSPS) is 13.4. The number of para-hydroxylation sites is 1. The number of pyridine rings is 1. The molecule has 0 unspecified atom stereocenters. The van der Waals surface area contributed by atoms with E-state index < -0.39 is 0 Å². The van der Waals surface area contributed by atoms with Gasteiger partial charge in [-0.05, 0) is 37.5 Å². The summed E-state index contributed by atoms with van der Waals surface area (Å²) in [6.45, 7) is 2.07. The molecule has 18 heavy (non-hydrogen) atoms. The highest BCUT2D eigenvalue weighted by atomic mass is 32.1. The molecule has 0 amide bonds. The molecule has 2 aromatic heterocycles. The van der Waals surface area contributed by atoms with Crippen LogP contribution in [-0.4, -0.2) is 9.97 Å². The first-order chi connectivity index (χ1) is 8.81. The summed E-state index contributed by atoms with van der Waals surface area (Å²) in [4.78, 5) is 10.7. The van der Waals surface area contributed by atoms with Crippen molar-refractivity contribution in [1.82, 2.24) is 9.97 Å². The molecule has 0 radical (unpaired) electrons. The minimum Gasteiger partial charge on any atom is -0.247 e. The zero-order valence-electron chi connectivity index (χ0n) is 10.1. The highest BCUT2D eigenvalue weighted by Gasteiger charge is 2.21. The molecular weight excluding hydrogens is 240 g/mol. The fourth-order valence-electron chi connectivity index (χ4n) is 2.62. The Morgan fingerprint density at radius 3 is 2.94 bits per heavy atom. The number of aryl methyl sites for hydroxylation is 3. The van der Waals surface area contributed by atoms with Gasteiger partial charge < -0.3 is 0 Å². The molecule has 88 valence electrons. The van der Waals surface area contributed by atoms with Crippen molar-refractivity contribution in [2.45, 2.75) is 19.8 Å². The minimum atomic E-state index is 1.05. The summed E-state index contributed by atoms with van der Waals surface area (Å²) in [5.41, 5.74) is 4.83. The van der Waals surface area contributed by atoms with E-state index >= 15 is 0 Å². The van der Waals surface area contributed by atoms with Crippen LogP contribution < -0.4 is 0 Å². The number of hydrogen-bond donors (Lipinski definition) is 0. The second-order valence-corrected chi connectivity index (χ2v) is 5.90. The quantitative estimate of drug-likeness (QED) is 0.608. The van der Waals surface area contributed by atoms with Gasteiger partial charge in [0.2, 0.25) is 0 Å². The summed E-state index contributed by atoms with van der Waals surface area (Å²) >= 11 is 1.77. The van der Waals surface area contributed by atoms with Crippen molar-refractivity contribution in [3.05, 3.63) is 46.6 Å². The molecule has 0 spiro atoms. The van der Waals surface area contributed by atoms with Crippen molar-refractivity contribution in [3.8, 4) is 10.6 Å². The molecule has 3 aromatic rings. The van der Waals surface area contributed by atoms with E-state index in [2.05, 4.69) is 36.2 Å². The van der Waals surface area contributed by atoms with Gasteiger partial charge in [0.15, 0.2) is 0 Å². The Hall–Kier alpha value is -1.74. The molecule has 0 N–H and O–H groups in total. The number of hydrogen-bond acceptors (Lipinski definition) is 3. The summed E-state index contributed by atoms with van der Waals surface area (Å²) in [6.07, 6.45) is 2.11. The molecule has 1 aromatic carbocycles. The van der Waals surface area contributed by atoms with E-state index in [1.54, 1.807) is 11.3 Å². The third-order valence-electron chi connectivity index (χ3n) is 3.45. The topological polar surface area (TPSA) is 25.8 Å². The van der Waals surface area contributed by atoms with Crippen molar-refractivity contribution in [2.24, 2.45) is 0 Å². The van der Waals surface area contributed by atoms with E-state index in [9.17, 15) is 0 Å². The van der Waals surface area contributed by atoms with Crippen LogP contribution in [0.2, 0.25) is 0 Å². The van der Waals surface area contributed by atoms with E-state index in [1.807, 2.05) is 6.07 Å². The number of fused-ring (bicyclic) bond motifs is 4. The van der Waals surface area contributed by atoms with Crippen molar-refractivity contribution in [2.75, 3.05) is 0 Å². The Bertz CT molecular complexity index is 758. The molecule has 0 saturated heterocycles. The van der Waals surface area contributed by atoms with Crippen LogP contribution >= 0.6 is 11.3 Å². The maximum Gasteiger partial charge on any atom is 0.0904 e. The number of benzene rings is 1. The second kappa shape index (κ2) is 3.62. The van der Waals surface area contributed by atoms with Gasteiger partial charge in [0.1, 0.15) is 0 Å². The van der Waals surface area contributed by atoms with Crippen molar-refractivity contribution >= 4 is 22.2 Å². The fraction of sp³-hybridized carbons (Fsp3) is 0.200. The Kier molecular flexibility index (Phi) is 2.06. The van der Waals surface area contributed by atoms with Gasteiger partial charge in [-0.3, -0.25) is 0 Å². The maximum atomic E-state index is 4.84. The van der Waals surface area contributed by atoms with Crippen LogP contribution in [0.5, 0.6) is 0 Å². The summed E-state index contributed by atoms with van der Waals surface area (Å²) in [7, 11) is 0. The molecule has 0 fully saturated rings. The van der Waals surface area contributed by atoms with Crippen molar-refractivity contribution in [1.29, 1.82) is 0 Å². The van der Waals surface area contributed by atoms with Gasteiger partial charge in [-0.15, -0.1) is 11.3 Å². The maximum absolute atomic E-state index is 4.84. The highest BCUT2D eigenvalue weighted by molar-refractivity contribution is 7.15. The molecule has 0 aliphatic heterocycles. The summed E-state index contributed by atoms with van der Waals surface area (Å²) < 4.78 is 0. The first-order valence-electron chi connectivity index (χ1n) is 6.16. The van der Waals surface area contributed by atoms with E-state index in [4.69, 9.17) is 4.98 Å². The van der Waals surface area contributed by atoms with E-state index in [0.29, 0.717) is 0 Å². The Morgan fingerprint density at radius 2 is 2.00 bits per heavy atom. The number of rotatable bonds is 0. The van der Waals surface area contributed by atoms with Crippen LogP contribution in [0.3, 0.4) is 0 Å². The fourth-order valence-corrected chi connectivity index (χ4v) is 3.61. The monoisotopic (exact) mass is 252 g/mol. The van der Waals surface area contributed by atoms with Crippen molar-refractivity contribution < 1.29 is 0 Å². The lowest BCUT2D eigenvalue weighted by atomic mass is 9.96. The second-order valence-electron chi connectivity index (χ2n) is 4.70. The lowest BCUT2D eigenvalue weighted by Crippen LogP contribution is -2.04. The van der Waals surface area contributed by atoms with Crippen LogP contribution in [0, 0.1) is 6.92 Å². The zero-order chi connectivity index (χ0) is 12.1. The number of thiazole rings is 1. The van der Waals surface area contributed by atoms with E-state index in [1.165, 1.54) is 21.5 Å². The summed E-state index contributed by atoms with van der Waals surface area (Å²) in [6, 6.07) is 10.6. The first-order valence-corrected chi connectivity index (χ1v) is 6.98. The minimum absolute atomic E-state index is 1.05. The Labute approximate surface area is 109 Å². The average molecular weight is 252 g/mol. The van der Waals surface area contributed by atoms with Gasteiger partial charge in [-0.25, -0.2) is 9.97 Å². The summed E-state index contributed by atoms with van der Waals surface area (Å²) in [5.74, 6) is 0. The van der Waals surface area contributed by atoms with Gasteiger partial charge in [0.05, 0.1) is 26.8 Å². The van der Waals surface area contributed by atoms with Crippen LogP contribution in [0.1, 0.15) is 16.3 Å². The third-order valence-corrected chi connectivity index (χ3v) is 4.47. The van der Waals surface area contributed by atoms with E-state index in [0.717, 1.165) is 29.1 Å². The lowest BCUT2D eigenvalue weighted by Gasteiger charge is -2.14. The lowest BCUT2D eigenvalue weighted by molar-refractivity contribution is 0.898. The van der Waals surface area contributed by atoms with Crippen LogP contribution in [0.25, 0.3) is 21.5 Å². The first kappa shape index (κ1) is 10.2. The van der Waals surface area contributed by atoms with Crippen LogP contribution in [0.4, 0.5) is 0 Å². The SMILES string of the molecule is Cc1nc2c(s1)-c1nc3ccccc3cc1CC2. The molecule has 1 aliphatic carbocycles. The molecule has 2 heterocycles. The molecule has 4 rings (SSSR count). The number of nitrogens with zero attached hydrogens (tertiary/aromatic N) is 2. The molecule has 0 bridgehead atoms. The van der Waals surface area contributed by atoms with Gasteiger partial charge in [0, 0.05) is 5.39 Å². The smallest absolute Gasteiger partial charge is 0.0904 e.